The number of anilines is 3. The van der Waals surface area contributed by atoms with E-state index in [2.05, 4.69) is 73.6 Å². The Kier molecular flexibility index (Phi) is 5.82. The van der Waals surface area contributed by atoms with Gasteiger partial charge in [0.2, 0.25) is 0 Å². The minimum absolute atomic E-state index is 0.315. The molecular formula is C26H41N5. The first-order valence-corrected chi connectivity index (χ1v) is 12.1. The smallest absolute Gasteiger partial charge is 0.159 e. The lowest BCUT2D eigenvalue weighted by molar-refractivity contribution is 0.0617. The van der Waals surface area contributed by atoms with E-state index in [1.54, 1.807) is 11.9 Å². The molecule has 170 valence electrons. The van der Waals surface area contributed by atoms with Crippen molar-refractivity contribution >= 4 is 17.3 Å². The summed E-state index contributed by atoms with van der Waals surface area (Å²) < 4.78 is 0. The minimum atomic E-state index is 0.315. The summed E-state index contributed by atoms with van der Waals surface area (Å²) in [5.74, 6) is 3.05. The molecule has 0 aromatic carbocycles. The number of nitrogens with two attached hydrogens (primary N) is 1. The van der Waals surface area contributed by atoms with Gasteiger partial charge in [-0.1, -0.05) is 51.0 Å². The van der Waals surface area contributed by atoms with Crippen LogP contribution in [0.4, 0.5) is 17.3 Å². The van der Waals surface area contributed by atoms with Crippen LogP contribution in [-0.2, 0) is 0 Å². The summed E-state index contributed by atoms with van der Waals surface area (Å²) in [6.45, 7) is 14.0. The number of rotatable bonds is 5. The summed E-state index contributed by atoms with van der Waals surface area (Å²) in [5.41, 5.74) is 11.1. The van der Waals surface area contributed by atoms with E-state index in [-0.39, 0.29) is 0 Å². The standard InChI is InChI=1S/C26H41N5/c1-18(12-15-31-17-30(6)24-22(31)23(27)28-16-29-24)10-13-25(4)20(3)11-14-26(5)19(2)8-7-9-21(25)26/h9,12,16,19-20H,7-8,10-11,13-15,17H2,1-6H3,(H2,27,28,29)/t19-,20-,25+,26+/m1/s1. The normalized spacial score (nSPS) is 33.2. The fourth-order valence-corrected chi connectivity index (χ4v) is 6.38. The number of nitrogen functional groups attached to an aromatic ring is 1. The SMILES string of the molecule is CC(=CCN1CN(C)c2ncnc(N)c21)CC[C@]1(C)C2=CCC[C@@H](C)[C@]2(C)CC[C@H]1C. The quantitative estimate of drug-likeness (QED) is 0.607. The summed E-state index contributed by atoms with van der Waals surface area (Å²) in [6.07, 6.45) is 14.3. The van der Waals surface area contributed by atoms with E-state index in [1.807, 2.05) is 0 Å². The Morgan fingerprint density at radius 1 is 1.23 bits per heavy atom. The van der Waals surface area contributed by atoms with Gasteiger partial charge in [0.25, 0.3) is 0 Å². The van der Waals surface area contributed by atoms with Crippen molar-refractivity contribution in [2.75, 3.05) is 35.8 Å². The van der Waals surface area contributed by atoms with E-state index in [0.29, 0.717) is 16.6 Å². The molecule has 0 spiro atoms. The van der Waals surface area contributed by atoms with E-state index in [1.165, 1.54) is 37.7 Å². The molecular weight excluding hydrogens is 382 g/mol. The number of nitrogens with zero attached hydrogens (tertiary/aromatic N) is 4. The Hall–Kier alpha value is -2.04. The third-order valence-electron chi connectivity index (χ3n) is 9.04. The predicted molar refractivity (Wildman–Crippen MR) is 131 cm³/mol. The van der Waals surface area contributed by atoms with Crippen LogP contribution in [0.1, 0.15) is 73.1 Å². The van der Waals surface area contributed by atoms with Gasteiger partial charge in [-0.25, -0.2) is 9.97 Å². The van der Waals surface area contributed by atoms with Gasteiger partial charge in [0.15, 0.2) is 11.6 Å². The molecule has 5 heteroatoms. The first kappa shape index (κ1) is 22.2. The number of aromatic nitrogens is 2. The molecule has 2 aliphatic carbocycles. The Morgan fingerprint density at radius 2 is 2.00 bits per heavy atom. The van der Waals surface area contributed by atoms with Crippen molar-refractivity contribution in [2.45, 2.75) is 73.1 Å². The Morgan fingerprint density at radius 3 is 2.77 bits per heavy atom. The Labute approximate surface area is 188 Å². The second kappa shape index (κ2) is 8.14. The van der Waals surface area contributed by atoms with Crippen LogP contribution >= 0.6 is 0 Å². The fraction of sp³-hybridized carbons (Fsp3) is 0.692. The minimum Gasteiger partial charge on any atom is -0.382 e. The van der Waals surface area contributed by atoms with Crippen molar-refractivity contribution < 1.29 is 0 Å². The Bertz CT molecular complexity index is 890. The lowest BCUT2D eigenvalue weighted by Crippen LogP contribution is -2.45. The summed E-state index contributed by atoms with van der Waals surface area (Å²) in [4.78, 5) is 13.0. The van der Waals surface area contributed by atoms with Crippen LogP contribution in [0.5, 0.6) is 0 Å². The molecule has 1 aliphatic heterocycles. The molecule has 31 heavy (non-hydrogen) atoms. The van der Waals surface area contributed by atoms with Crippen LogP contribution in [0, 0.1) is 22.7 Å². The molecule has 0 amide bonds. The van der Waals surface area contributed by atoms with Crippen LogP contribution in [0.15, 0.2) is 29.6 Å². The molecule has 2 heterocycles. The van der Waals surface area contributed by atoms with Crippen LogP contribution in [0.25, 0.3) is 0 Å². The van der Waals surface area contributed by atoms with Crippen LogP contribution in [0.3, 0.4) is 0 Å². The molecule has 0 bridgehead atoms. The molecule has 0 unspecified atom stereocenters. The highest BCUT2D eigenvalue weighted by molar-refractivity contribution is 5.81. The van der Waals surface area contributed by atoms with Gasteiger partial charge in [-0.05, 0) is 68.1 Å². The molecule has 3 aliphatic rings. The van der Waals surface area contributed by atoms with Gasteiger partial charge in [0.05, 0.1) is 6.67 Å². The molecule has 2 N–H and O–H groups in total. The monoisotopic (exact) mass is 423 g/mol. The third-order valence-corrected chi connectivity index (χ3v) is 9.04. The second-order valence-electron chi connectivity index (χ2n) is 10.9. The van der Waals surface area contributed by atoms with E-state index in [9.17, 15) is 0 Å². The molecule has 1 aromatic heterocycles. The predicted octanol–water partition coefficient (Wildman–Crippen LogP) is 5.80. The van der Waals surface area contributed by atoms with Crippen molar-refractivity contribution in [3.05, 3.63) is 29.6 Å². The maximum Gasteiger partial charge on any atom is 0.159 e. The average molecular weight is 424 g/mol. The molecule has 4 rings (SSSR count). The number of hydrogen-bond acceptors (Lipinski definition) is 5. The van der Waals surface area contributed by atoms with Crippen molar-refractivity contribution in [3.8, 4) is 0 Å². The van der Waals surface area contributed by atoms with Crippen LogP contribution < -0.4 is 15.5 Å². The topological polar surface area (TPSA) is 58.3 Å². The fourth-order valence-electron chi connectivity index (χ4n) is 6.38. The molecule has 0 saturated heterocycles. The van der Waals surface area contributed by atoms with Gasteiger partial charge < -0.3 is 15.5 Å². The second-order valence-corrected chi connectivity index (χ2v) is 10.9. The first-order chi connectivity index (χ1) is 14.7. The third kappa shape index (κ3) is 3.74. The van der Waals surface area contributed by atoms with Gasteiger partial charge in [0, 0.05) is 13.6 Å². The maximum atomic E-state index is 6.16. The lowest BCUT2D eigenvalue weighted by Gasteiger charge is -2.56. The van der Waals surface area contributed by atoms with Crippen LogP contribution in [-0.4, -0.2) is 30.2 Å². The summed E-state index contributed by atoms with van der Waals surface area (Å²) in [5, 5.41) is 0. The Balaban J connectivity index is 1.46. The molecule has 4 atom stereocenters. The number of allylic oxidation sites excluding steroid dienone is 3. The van der Waals surface area contributed by atoms with Gasteiger partial charge >= 0.3 is 0 Å². The lowest BCUT2D eigenvalue weighted by atomic mass is 9.49. The highest BCUT2D eigenvalue weighted by atomic mass is 15.4. The molecule has 1 fully saturated rings. The zero-order chi connectivity index (χ0) is 22.4. The van der Waals surface area contributed by atoms with Gasteiger partial charge in [0.1, 0.15) is 12.0 Å². The summed E-state index contributed by atoms with van der Waals surface area (Å²) in [7, 11) is 2.06. The zero-order valence-corrected chi connectivity index (χ0v) is 20.4. The number of fused-ring (bicyclic) bond motifs is 2. The maximum absolute atomic E-state index is 6.16. The van der Waals surface area contributed by atoms with E-state index < -0.39 is 0 Å². The largest absolute Gasteiger partial charge is 0.382 e. The first-order valence-electron chi connectivity index (χ1n) is 12.1. The van der Waals surface area contributed by atoms with Crippen molar-refractivity contribution in [1.82, 2.24) is 9.97 Å². The molecule has 1 aromatic rings. The van der Waals surface area contributed by atoms with Crippen molar-refractivity contribution in [2.24, 2.45) is 22.7 Å². The van der Waals surface area contributed by atoms with E-state index >= 15 is 0 Å². The van der Waals surface area contributed by atoms with Crippen LogP contribution in [0.2, 0.25) is 0 Å². The summed E-state index contributed by atoms with van der Waals surface area (Å²) in [6, 6.07) is 0. The highest BCUT2D eigenvalue weighted by Gasteiger charge is 2.50. The molecule has 1 saturated carbocycles. The van der Waals surface area contributed by atoms with Gasteiger partial charge in [-0.2, -0.15) is 0 Å². The average Bonchev–Trinajstić information content (AvgIpc) is 3.07. The molecule has 0 radical (unpaired) electrons. The molecule has 5 nitrogen and oxygen atoms in total. The van der Waals surface area contributed by atoms with E-state index in [0.717, 1.165) is 43.0 Å². The van der Waals surface area contributed by atoms with Crippen molar-refractivity contribution in [1.29, 1.82) is 0 Å². The van der Waals surface area contributed by atoms with E-state index in [4.69, 9.17) is 5.73 Å². The number of hydrogen-bond donors (Lipinski definition) is 1. The van der Waals surface area contributed by atoms with Gasteiger partial charge in [-0.15, -0.1) is 0 Å². The van der Waals surface area contributed by atoms with Gasteiger partial charge in [-0.3, -0.25) is 0 Å². The van der Waals surface area contributed by atoms with Crippen molar-refractivity contribution in [3.63, 3.8) is 0 Å². The highest BCUT2D eigenvalue weighted by Crippen LogP contribution is 2.61. The summed E-state index contributed by atoms with van der Waals surface area (Å²) >= 11 is 0. The zero-order valence-electron chi connectivity index (χ0n) is 20.4.